The number of hydrogen-bond acceptors (Lipinski definition) is 6. The standard InChI is InChI=1S/C22H28ClF3N6O3S.ClH/c1-15(27-20(33)17-6-5-16(13-18(17)23)22(24,25)26)21(7-3-4-8-21)31-9-11-32(12-10-31)36(34,35)19-14-30(2)29-28-19;/h5-6,13-15H,3-4,7-12H2,1-2H3,(H,27,33);1H. The first kappa shape index (κ1) is 29.6. The summed E-state index contributed by atoms with van der Waals surface area (Å²) in [6.07, 6.45) is 0.351. The lowest BCUT2D eigenvalue weighted by molar-refractivity contribution is -0.137. The molecular formula is C22H29Cl2F3N6O3S. The van der Waals surface area contributed by atoms with E-state index in [-0.39, 0.29) is 47.2 Å². The highest BCUT2D eigenvalue weighted by molar-refractivity contribution is 7.89. The van der Waals surface area contributed by atoms with Crippen molar-refractivity contribution in [3.8, 4) is 0 Å². The summed E-state index contributed by atoms with van der Waals surface area (Å²) >= 11 is 6.02. The van der Waals surface area contributed by atoms with Crippen LogP contribution >= 0.6 is 24.0 Å². The maximum absolute atomic E-state index is 13.0. The third-order valence-corrected chi connectivity index (χ3v) is 9.29. The molecule has 0 bridgehead atoms. The van der Waals surface area contributed by atoms with Crippen molar-refractivity contribution >= 4 is 39.9 Å². The molecule has 1 saturated carbocycles. The number of nitrogens with zero attached hydrogens (tertiary/aromatic N) is 5. The van der Waals surface area contributed by atoms with Crippen molar-refractivity contribution in [2.24, 2.45) is 7.05 Å². The lowest BCUT2D eigenvalue weighted by Gasteiger charge is -2.49. The van der Waals surface area contributed by atoms with Crippen LogP contribution in [-0.4, -0.2) is 76.3 Å². The Morgan fingerprint density at radius 3 is 2.30 bits per heavy atom. The van der Waals surface area contributed by atoms with Crippen molar-refractivity contribution in [3.05, 3.63) is 40.5 Å². The molecule has 206 valence electrons. The molecule has 1 aromatic carbocycles. The topological polar surface area (TPSA) is 100 Å². The molecule has 1 amide bonds. The van der Waals surface area contributed by atoms with Crippen LogP contribution in [-0.2, 0) is 23.2 Å². The molecule has 15 heteroatoms. The summed E-state index contributed by atoms with van der Waals surface area (Å²) < 4.78 is 67.4. The second kappa shape index (κ2) is 11.0. The van der Waals surface area contributed by atoms with Gasteiger partial charge in [0.05, 0.1) is 22.3 Å². The Morgan fingerprint density at radius 1 is 1.16 bits per heavy atom. The van der Waals surface area contributed by atoms with Crippen LogP contribution in [0.5, 0.6) is 0 Å². The fourth-order valence-electron chi connectivity index (χ4n) is 5.24. The summed E-state index contributed by atoms with van der Waals surface area (Å²) in [7, 11) is -2.16. The average Bonchev–Trinajstić information content (AvgIpc) is 3.49. The van der Waals surface area contributed by atoms with Gasteiger partial charge in [-0.15, -0.1) is 17.5 Å². The van der Waals surface area contributed by atoms with Gasteiger partial charge >= 0.3 is 6.18 Å². The Hall–Kier alpha value is -1.93. The van der Waals surface area contributed by atoms with E-state index in [1.54, 1.807) is 7.05 Å². The van der Waals surface area contributed by atoms with E-state index in [0.717, 1.165) is 43.9 Å². The Bertz CT molecular complexity index is 1230. The van der Waals surface area contributed by atoms with Crippen LogP contribution in [0.4, 0.5) is 13.2 Å². The molecule has 1 saturated heterocycles. The van der Waals surface area contributed by atoms with Gasteiger partial charge in [0.15, 0.2) is 0 Å². The molecule has 2 heterocycles. The molecule has 0 radical (unpaired) electrons. The van der Waals surface area contributed by atoms with Gasteiger partial charge in [0, 0.05) is 44.8 Å². The number of benzene rings is 1. The minimum Gasteiger partial charge on any atom is -0.348 e. The van der Waals surface area contributed by atoms with E-state index in [9.17, 15) is 26.4 Å². The molecule has 1 aliphatic heterocycles. The molecule has 2 fully saturated rings. The first-order valence-electron chi connectivity index (χ1n) is 11.6. The molecule has 37 heavy (non-hydrogen) atoms. The number of piperazine rings is 1. The van der Waals surface area contributed by atoms with Crippen LogP contribution < -0.4 is 5.32 Å². The van der Waals surface area contributed by atoms with Gasteiger partial charge < -0.3 is 5.32 Å². The number of aromatic nitrogens is 3. The van der Waals surface area contributed by atoms with Crippen LogP contribution in [0.3, 0.4) is 0 Å². The van der Waals surface area contributed by atoms with Gasteiger partial charge in [-0.25, -0.2) is 8.42 Å². The predicted molar refractivity (Wildman–Crippen MR) is 133 cm³/mol. The molecular weight excluding hydrogens is 556 g/mol. The SMILES string of the molecule is CC(NC(=O)c1ccc(C(F)(F)F)cc1Cl)C1(N2CCN(S(=O)(=O)c3cn(C)nn3)CC2)CCCC1.Cl. The number of alkyl halides is 3. The molecule has 2 aromatic rings. The molecule has 1 aromatic heterocycles. The molecule has 4 rings (SSSR count). The van der Waals surface area contributed by atoms with Crippen LogP contribution in [0.2, 0.25) is 5.02 Å². The zero-order chi connectivity index (χ0) is 26.3. The number of carbonyl (C=O) groups is 1. The summed E-state index contributed by atoms with van der Waals surface area (Å²) in [6, 6.07) is 2.34. The minimum atomic E-state index is -4.55. The monoisotopic (exact) mass is 584 g/mol. The number of sulfonamides is 1. The highest BCUT2D eigenvalue weighted by atomic mass is 35.5. The van der Waals surface area contributed by atoms with Crippen LogP contribution in [0.1, 0.15) is 48.5 Å². The van der Waals surface area contributed by atoms with Crippen molar-refractivity contribution in [3.63, 3.8) is 0 Å². The maximum Gasteiger partial charge on any atom is 0.416 e. The lowest BCUT2D eigenvalue weighted by atomic mass is 9.86. The number of hydrogen-bond donors (Lipinski definition) is 1. The largest absolute Gasteiger partial charge is 0.416 e. The van der Waals surface area contributed by atoms with Gasteiger partial charge in [0.2, 0.25) is 5.03 Å². The fourth-order valence-corrected chi connectivity index (χ4v) is 6.85. The molecule has 1 aliphatic carbocycles. The van der Waals surface area contributed by atoms with Crippen molar-refractivity contribution in [1.29, 1.82) is 0 Å². The predicted octanol–water partition coefficient (Wildman–Crippen LogP) is 3.35. The molecule has 9 nitrogen and oxygen atoms in total. The summed E-state index contributed by atoms with van der Waals surface area (Å²) in [6.45, 7) is 3.36. The number of aryl methyl sites for hydroxylation is 1. The third-order valence-electron chi connectivity index (χ3n) is 7.22. The maximum atomic E-state index is 13.0. The van der Waals surface area contributed by atoms with E-state index in [4.69, 9.17) is 11.6 Å². The Labute approximate surface area is 224 Å². The third kappa shape index (κ3) is 5.90. The van der Waals surface area contributed by atoms with Crippen molar-refractivity contribution in [1.82, 2.24) is 29.5 Å². The van der Waals surface area contributed by atoms with E-state index in [0.29, 0.717) is 13.1 Å². The smallest absolute Gasteiger partial charge is 0.348 e. The van der Waals surface area contributed by atoms with Gasteiger partial charge in [-0.3, -0.25) is 14.4 Å². The van der Waals surface area contributed by atoms with Crippen molar-refractivity contribution in [2.45, 2.75) is 55.4 Å². The van der Waals surface area contributed by atoms with E-state index in [1.807, 2.05) is 6.92 Å². The number of halogens is 5. The van der Waals surface area contributed by atoms with E-state index in [1.165, 1.54) is 15.2 Å². The van der Waals surface area contributed by atoms with E-state index in [2.05, 4.69) is 20.5 Å². The molecule has 2 aliphatic rings. The van der Waals surface area contributed by atoms with Gasteiger partial charge in [-0.1, -0.05) is 29.7 Å². The molecule has 1 N–H and O–H groups in total. The van der Waals surface area contributed by atoms with Gasteiger partial charge in [0.25, 0.3) is 15.9 Å². The Kier molecular flexibility index (Phi) is 8.85. The lowest BCUT2D eigenvalue weighted by Crippen LogP contribution is -2.64. The quantitative estimate of drug-likeness (QED) is 0.559. The Morgan fingerprint density at radius 2 is 1.78 bits per heavy atom. The first-order chi connectivity index (χ1) is 16.8. The summed E-state index contributed by atoms with van der Waals surface area (Å²) in [4.78, 5) is 15.2. The first-order valence-corrected chi connectivity index (χ1v) is 13.5. The Balaban J connectivity index is 0.00000380. The van der Waals surface area contributed by atoms with Crippen molar-refractivity contribution < 1.29 is 26.4 Å². The summed E-state index contributed by atoms with van der Waals surface area (Å²) in [5, 5.41) is 10.0. The molecule has 1 atom stereocenters. The van der Waals surface area contributed by atoms with Gasteiger partial charge in [-0.2, -0.15) is 17.5 Å². The zero-order valence-electron chi connectivity index (χ0n) is 20.3. The zero-order valence-corrected chi connectivity index (χ0v) is 22.7. The second-order valence-electron chi connectivity index (χ2n) is 9.32. The molecule has 0 spiro atoms. The second-order valence-corrected chi connectivity index (χ2v) is 11.6. The highest BCUT2D eigenvalue weighted by Crippen LogP contribution is 2.39. The van der Waals surface area contributed by atoms with E-state index >= 15 is 0 Å². The normalized spacial score (nSPS) is 19.8. The number of nitrogens with one attached hydrogen (secondary N) is 1. The summed E-state index contributed by atoms with van der Waals surface area (Å²) in [5.41, 5.74) is -1.33. The number of rotatable bonds is 6. The van der Waals surface area contributed by atoms with Crippen LogP contribution in [0, 0.1) is 0 Å². The van der Waals surface area contributed by atoms with Gasteiger partial charge in [-0.05, 0) is 38.0 Å². The summed E-state index contributed by atoms with van der Waals surface area (Å²) in [5.74, 6) is -0.545. The minimum absolute atomic E-state index is 0. The van der Waals surface area contributed by atoms with Crippen molar-refractivity contribution in [2.75, 3.05) is 26.2 Å². The fraction of sp³-hybridized carbons (Fsp3) is 0.591. The average molecular weight is 585 g/mol. The van der Waals surface area contributed by atoms with Crippen LogP contribution in [0.25, 0.3) is 0 Å². The highest BCUT2D eigenvalue weighted by Gasteiger charge is 2.46. The number of carbonyl (C=O) groups excluding carboxylic acids is 1. The van der Waals surface area contributed by atoms with Gasteiger partial charge in [0.1, 0.15) is 0 Å². The molecule has 1 unspecified atom stereocenters. The number of amides is 1. The van der Waals surface area contributed by atoms with Crippen LogP contribution in [0.15, 0.2) is 29.4 Å². The van der Waals surface area contributed by atoms with E-state index < -0.39 is 33.2 Å².